The van der Waals surface area contributed by atoms with Crippen LogP contribution in [0.15, 0.2) is 79.0 Å². The van der Waals surface area contributed by atoms with E-state index in [0.29, 0.717) is 18.1 Å². The number of nitrogen functional groups attached to an aromatic ring is 1. The van der Waals surface area contributed by atoms with Gasteiger partial charge in [-0.1, -0.05) is 18.2 Å². The van der Waals surface area contributed by atoms with Crippen LogP contribution in [0.1, 0.15) is 5.82 Å². The quantitative estimate of drug-likeness (QED) is 0.405. The van der Waals surface area contributed by atoms with E-state index in [1.54, 1.807) is 12.3 Å². The number of ether oxygens (including phenoxy) is 2. The largest absolute Gasteiger partial charge is 0.486 e. The highest BCUT2D eigenvalue weighted by atomic mass is 35.5. The molecule has 1 heterocycles. The molecule has 4 aromatic rings. The fourth-order valence-corrected chi connectivity index (χ4v) is 2.66. The van der Waals surface area contributed by atoms with Crippen LogP contribution in [-0.2, 0) is 6.61 Å². The maximum Gasteiger partial charge on any atom is 0.149 e. The van der Waals surface area contributed by atoms with Crippen LogP contribution >= 0.6 is 12.4 Å². The lowest BCUT2D eigenvalue weighted by Gasteiger charge is -2.07. The molecule has 0 saturated heterocycles. The molecule has 5 nitrogen and oxygen atoms in total. The van der Waals surface area contributed by atoms with Crippen molar-refractivity contribution in [1.82, 2.24) is 9.97 Å². The lowest BCUT2D eigenvalue weighted by atomic mass is 10.1. The minimum Gasteiger partial charge on any atom is -0.486 e. The fourth-order valence-electron chi connectivity index (χ4n) is 2.66. The van der Waals surface area contributed by atoms with E-state index in [4.69, 9.17) is 15.2 Å². The summed E-state index contributed by atoms with van der Waals surface area (Å²) < 4.78 is 24.9. The Morgan fingerprint density at radius 1 is 0.897 bits per heavy atom. The van der Waals surface area contributed by atoms with Crippen molar-refractivity contribution < 1.29 is 13.9 Å². The van der Waals surface area contributed by atoms with Gasteiger partial charge in [-0.3, -0.25) is 0 Å². The van der Waals surface area contributed by atoms with Crippen LogP contribution in [-0.4, -0.2) is 9.97 Å². The molecule has 0 bridgehead atoms. The number of para-hydroxylation sites is 1. The molecule has 148 valence electrons. The normalized spacial score (nSPS) is 10.2. The number of halogens is 2. The van der Waals surface area contributed by atoms with Crippen LogP contribution in [0, 0.1) is 5.82 Å². The van der Waals surface area contributed by atoms with Gasteiger partial charge in [0.05, 0.1) is 17.6 Å². The number of benzene rings is 3. The molecule has 0 radical (unpaired) electrons. The summed E-state index contributed by atoms with van der Waals surface area (Å²) in [7, 11) is 0. The molecule has 0 aliphatic heterocycles. The second-order valence-corrected chi connectivity index (χ2v) is 6.16. The summed E-state index contributed by atoms with van der Waals surface area (Å²) in [5.74, 6) is 2.01. The zero-order valence-corrected chi connectivity index (χ0v) is 16.2. The monoisotopic (exact) mass is 411 g/mol. The summed E-state index contributed by atoms with van der Waals surface area (Å²) in [5, 5.41) is 0. The summed E-state index contributed by atoms with van der Waals surface area (Å²) >= 11 is 0. The first-order chi connectivity index (χ1) is 13.7. The Hall–Kier alpha value is -3.51. The summed E-state index contributed by atoms with van der Waals surface area (Å²) in [6.07, 6.45) is 1.76. The molecule has 0 aliphatic rings. The van der Waals surface area contributed by atoms with Crippen molar-refractivity contribution in [2.75, 3.05) is 5.73 Å². The Bertz CT molecular complexity index is 1070. The predicted molar refractivity (Wildman–Crippen MR) is 113 cm³/mol. The standard InChI is InChI=1S/C22H18FN3O2.ClH/c23-19-12-18(10-11-20(19)24)28-17-8-6-15(7-9-17)21-13-25-22(26-21)14-27-16-4-2-1-3-5-16;/h1-13H,14,24H2,(H,25,26);1H. The molecule has 0 spiro atoms. The number of rotatable bonds is 6. The zero-order chi connectivity index (χ0) is 19.3. The topological polar surface area (TPSA) is 73.2 Å². The van der Waals surface area contributed by atoms with Crippen molar-refractivity contribution in [2.24, 2.45) is 0 Å². The lowest BCUT2D eigenvalue weighted by Crippen LogP contribution is -1.97. The van der Waals surface area contributed by atoms with Crippen molar-refractivity contribution in [3.63, 3.8) is 0 Å². The molecule has 3 N–H and O–H groups in total. The van der Waals surface area contributed by atoms with Crippen molar-refractivity contribution in [1.29, 1.82) is 0 Å². The molecule has 4 rings (SSSR count). The van der Waals surface area contributed by atoms with Crippen LogP contribution in [0.25, 0.3) is 11.3 Å². The molecule has 0 aliphatic carbocycles. The Labute approximate surface area is 173 Å². The number of aromatic nitrogens is 2. The molecular formula is C22H19ClFN3O2. The Morgan fingerprint density at radius 3 is 2.34 bits per heavy atom. The molecule has 0 unspecified atom stereocenters. The summed E-state index contributed by atoms with van der Waals surface area (Å²) in [5.41, 5.74) is 7.39. The number of H-pyrrole nitrogens is 1. The van der Waals surface area contributed by atoms with Crippen molar-refractivity contribution in [3.05, 3.63) is 90.6 Å². The number of imidazole rings is 1. The third kappa shape index (κ3) is 5.06. The predicted octanol–water partition coefficient (Wildman–Crippen LogP) is 5.59. The number of aromatic amines is 1. The van der Waals surface area contributed by atoms with Crippen molar-refractivity contribution in [3.8, 4) is 28.5 Å². The van der Waals surface area contributed by atoms with Gasteiger partial charge in [0.1, 0.15) is 35.5 Å². The number of nitrogens with one attached hydrogen (secondary N) is 1. The molecule has 0 atom stereocenters. The SMILES string of the molecule is Cl.Nc1ccc(Oc2ccc(-c3cnc(COc4ccccc4)[nH]3)cc2)cc1F. The van der Waals surface area contributed by atoms with Crippen LogP contribution in [0.5, 0.6) is 17.2 Å². The van der Waals surface area contributed by atoms with Crippen LogP contribution in [0.4, 0.5) is 10.1 Å². The van der Waals surface area contributed by atoms with Gasteiger partial charge in [-0.2, -0.15) is 0 Å². The van der Waals surface area contributed by atoms with Gasteiger partial charge >= 0.3 is 0 Å². The number of hydrogen-bond acceptors (Lipinski definition) is 4. The smallest absolute Gasteiger partial charge is 0.149 e. The van der Waals surface area contributed by atoms with Gasteiger partial charge < -0.3 is 20.2 Å². The summed E-state index contributed by atoms with van der Waals surface area (Å²) in [6.45, 7) is 0.355. The Kier molecular flexibility index (Phi) is 6.36. The number of nitrogens with two attached hydrogens (primary N) is 1. The molecule has 1 aromatic heterocycles. The third-order valence-corrected chi connectivity index (χ3v) is 4.12. The van der Waals surface area contributed by atoms with Crippen molar-refractivity contribution in [2.45, 2.75) is 6.61 Å². The van der Waals surface area contributed by atoms with Gasteiger partial charge in [0.2, 0.25) is 0 Å². The van der Waals surface area contributed by atoms with E-state index in [0.717, 1.165) is 22.8 Å². The zero-order valence-electron chi connectivity index (χ0n) is 15.3. The van der Waals surface area contributed by atoms with E-state index in [1.165, 1.54) is 12.1 Å². The second-order valence-electron chi connectivity index (χ2n) is 6.16. The highest BCUT2D eigenvalue weighted by Gasteiger charge is 2.06. The first-order valence-corrected chi connectivity index (χ1v) is 8.72. The lowest BCUT2D eigenvalue weighted by molar-refractivity contribution is 0.297. The van der Waals surface area contributed by atoms with Gasteiger partial charge in [0, 0.05) is 6.07 Å². The highest BCUT2D eigenvalue weighted by Crippen LogP contribution is 2.27. The number of nitrogens with zero attached hydrogens (tertiary/aromatic N) is 1. The molecule has 29 heavy (non-hydrogen) atoms. The molecule has 7 heteroatoms. The highest BCUT2D eigenvalue weighted by molar-refractivity contribution is 5.85. The van der Waals surface area contributed by atoms with E-state index in [-0.39, 0.29) is 18.1 Å². The van der Waals surface area contributed by atoms with Gasteiger partial charge in [0.25, 0.3) is 0 Å². The summed E-state index contributed by atoms with van der Waals surface area (Å²) in [6, 6.07) is 21.4. The van der Waals surface area contributed by atoms with E-state index in [9.17, 15) is 4.39 Å². The first-order valence-electron chi connectivity index (χ1n) is 8.72. The summed E-state index contributed by atoms with van der Waals surface area (Å²) in [4.78, 5) is 7.59. The maximum atomic E-state index is 13.5. The molecule has 3 aromatic carbocycles. The van der Waals surface area contributed by atoms with E-state index < -0.39 is 5.82 Å². The third-order valence-electron chi connectivity index (χ3n) is 4.12. The van der Waals surface area contributed by atoms with Gasteiger partial charge in [-0.05, 0) is 54.1 Å². The van der Waals surface area contributed by atoms with Crippen molar-refractivity contribution >= 4 is 18.1 Å². The molecule has 0 saturated carbocycles. The van der Waals surface area contributed by atoms with Crippen LogP contribution < -0.4 is 15.2 Å². The van der Waals surface area contributed by atoms with E-state index in [2.05, 4.69) is 9.97 Å². The Morgan fingerprint density at radius 2 is 1.62 bits per heavy atom. The molecule has 0 amide bonds. The minimum absolute atomic E-state index is 0. The molecule has 0 fully saturated rings. The van der Waals surface area contributed by atoms with E-state index in [1.807, 2.05) is 54.6 Å². The fraction of sp³-hybridized carbons (Fsp3) is 0.0455. The van der Waals surface area contributed by atoms with Gasteiger partial charge in [-0.25, -0.2) is 9.37 Å². The second kappa shape index (κ2) is 9.12. The van der Waals surface area contributed by atoms with Gasteiger partial charge in [-0.15, -0.1) is 12.4 Å². The molecular weight excluding hydrogens is 393 g/mol. The van der Waals surface area contributed by atoms with Gasteiger partial charge in [0.15, 0.2) is 0 Å². The average Bonchev–Trinajstić information content (AvgIpc) is 3.20. The first kappa shape index (κ1) is 20.2. The Balaban J connectivity index is 0.00000240. The van der Waals surface area contributed by atoms with Crippen LogP contribution in [0.3, 0.4) is 0 Å². The average molecular weight is 412 g/mol. The maximum absolute atomic E-state index is 13.5. The van der Waals surface area contributed by atoms with E-state index >= 15 is 0 Å². The number of hydrogen-bond donors (Lipinski definition) is 2. The number of anilines is 1. The minimum atomic E-state index is -0.503. The van der Waals surface area contributed by atoms with Crippen LogP contribution in [0.2, 0.25) is 0 Å².